The first-order chi connectivity index (χ1) is 14.9. The minimum Gasteiger partial charge on any atom is -0.481 e. The van der Waals surface area contributed by atoms with Crippen LogP contribution in [0.4, 0.5) is 0 Å². The molecule has 2 unspecified atom stereocenters. The van der Waals surface area contributed by atoms with Gasteiger partial charge >= 0.3 is 11.9 Å². The molecule has 0 aromatic heterocycles. The molecule has 4 heteroatoms. The third-order valence-electron chi connectivity index (χ3n) is 7.60. The maximum Gasteiger partial charge on any atom is 0.310 e. The molecule has 0 aliphatic heterocycles. The van der Waals surface area contributed by atoms with E-state index in [0.29, 0.717) is 17.8 Å². The standard InChI is InChI=1S/C28H54O4/c1-20(2)16-18-24(14-12-10-9-11-13-15-26(29)30)25(19-17-21(3)4)28(22(5)6,23(7)8)27(31)32/h20-25H,9-19H2,1-8H3,(H,29,30)(H,31,32). The number of carboxylic acid groups (broad SMARTS) is 2. The van der Waals surface area contributed by atoms with Crippen molar-refractivity contribution >= 4 is 11.9 Å². The predicted octanol–water partition coefficient (Wildman–Crippen LogP) is 8.29. The van der Waals surface area contributed by atoms with Crippen molar-refractivity contribution in [1.29, 1.82) is 0 Å². The number of hydrogen-bond acceptors (Lipinski definition) is 2. The molecule has 0 aromatic rings. The summed E-state index contributed by atoms with van der Waals surface area (Å²) in [5.41, 5.74) is -0.696. The molecule has 4 nitrogen and oxygen atoms in total. The van der Waals surface area contributed by atoms with Crippen LogP contribution >= 0.6 is 0 Å². The quantitative estimate of drug-likeness (QED) is 0.192. The normalized spacial score (nSPS) is 14.5. The van der Waals surface area contributed by atoms with Crippen LogP contribution in [0.2, 0.25) is 0 Å². The first kappa shape index (κ1) is 30.9. The van der Waals surface area contributed by atoms with E-state index < -0.39 is 17.4 Å². The largest absolute Gasteiger partial charge is 0.481 e. The Bertz CT molecular complexity index is 514. The lowest BCUT2D eigenvalue weighted by Gasteiger charge is -2.48. The zero-order valence-electron chi connectivity index (χ0n) is 22.5. The van der Waals surface area contributed by atoms with Crippen molar-refractivity contribution in [3.8, 4) is 0 Å². The van der Waals surface area contributed by atoms with Crippen LogP contribution in [0.3, 0.4) is 0 Å². The molecule has 0 spiro atoms. The lowest BCUT2D eigenvalue weighted by atomic mass is 9.55. The van der Waals surface area contributed by atoms with Gasteiger partial charge in [0.1, 0.15) is 0 Å². The third-order valence-corrected chi connectivity index (χ3v) is 7.60. The highest BCUT2D eigenvalue weighted by atomic mass is 16.4. The molecule has 190 valence electrons. The van der Waals surface area contributed by atoms with E-state index in [1.807, 2.05) is 0 Å². The maximum atomic E-state index is 12.9. The molecule has 0 saturated heterocycles. The van der Waals surface area contributed by atoms with Crippen molar-refractivity contribution in [2.24, 2.45) is 40.9 Å². The maximum absolute atomic E-state index is 12.9. The first-order valence-electron chi connectivity index (χ1n) is 13.3. The van der Waals surface area contributed by atoms with Crippen LogP contribution < -0.4 is 0 Å². The van der Waals surface area contributed by atoms with Crippen LogP contribution in [0.15, 0.2) is 0 Å². The van der Waals surface area contributed by atoms with Gasteiger partial charge in [-0.3, -0.25) is 9.59 Å². The van der Waals surface area contributed by atoms with Gasteiger partial charge in [0.2, 0.25) is 0 Å². The Morgan fingerprint density at radius 1 is 0.625 bits per heavy atom. The van der Waals surface area contributed by atoms with Crippen LogP contribution in [0, 0.1) is 40.9 Å². The smallest absolute Gasteiger partial charge is 0.310 e. The van der Waals surface area contributed by atoms with Gasteiger partial charge in [-0.2, -0.15) is 0 Å². The first-order valence-corrected chi connectivity index (χ1v) is 13.3. The molecule has 0 aliphatic rings. The molecule has 0 rings (SSSR count). The number of carboxylic acids is 2. The summed E-state index contributed by atoms with van der Waals surface area (Å²) in [6.45, 7) is 17.4. The predicted molar refractivity (Wildman–Crippen MR) is 135 cm³/mol. The van der Waals surface area contributed by atoms with Crippen molar-refractivity contribution in [2.75, 3.05) is 0 Å². The lowest BCUT2D eigenvalue weighted by molar-refractivity contribution is -0.165. The van der Waals surface area contributed by atoms with Gasteiger partial charge in [-0.25, -0.2) is 0 Å². The van der Waals surface area contributed by atoms with Gasteiger partial charge in [-0.05, 0) is 54.8 Å². The van der Waals surface area contributed by atoms with Crippen LogP contribution in [0.1, 0.15) is 126 Å². The Kier molecular flexibility index (Phi) is 15.2. The second-order valence-electron chi connectivity index (χ2n) is 11.6. The van der Waals surface area contributed by atoms with Gasteiger partial charge in [0.15, 0.2) is 0 Å². The minimum atomic E-state index is -0.709. The molecule has 2 N–H and O–H groups in total. The minimum absolute atomic E-state index is 0.0923. The van der Waals surface area contributed by atoms with Crippen molar-refractivity contribution in [2.45, 2.75) is 126 Å². The third kappa shape index (κ3) is 10.3. The molecule has 32 heavy (non-hydrogen) atoms. The second-order valence-corrected chi connectivity index (χ2v) is 11.6. The zero-order valence-corrected chi connectivity index (χ0v) is 22.5. The Labute approximate surface area is 199 Å². The molecule has 0 aromatic carbocycles. The summed E-state index contributed by atoms with van der Waals surface area (Å²) in [5.74, 6) is 0.673. The fourth-order valence-corrected chi connectivity index (χ4v) is 5.86. The van der Waals surface area contributed by atoms with E-state index >= 15 is 0 Å². The van der Waals surface area contributed by atoms with Crippen molar-refractivity contribution in [1.82, 2.24) is 0 Å². The molecule has 2 atom stereocenters. The molecule has 0 saturated carbocycles. The van der Waals surface area contributed by atoms with Gasteiger partial charge in [0.25, 0.3) is 0 Å². The van der Waals surface area contributed by atoms with Crippen LogP contribution in [0.5, 0.6) is 0 Å². The summed E-state index contributed by atoms with van der Waals surface area (Å²) >= 11 is 0. The van der Waals surface area contributed by atoms with Gasteiger partial charge in [-0.15, -0.1) is 0 Å². The van der Waals surface area contributed by atoms with E-state index in [9.17, 15) is 14.7 Å². The molecule has 0 heterocycles. The molecular weight excluding hydrogens is 400 g/mol. The van der Waals surface area contributed by atoms with Crippen molar-refractivity contribution in [3.05, 3.63) is 0 Å². The monoisotopic (exact) mass is 454 g/mol. The highest BCUT2D eigenvalue weighted by Gasteiger charge is 2.52. The topological polar surface area (TPSA) is 74.6 Å². The number of carbonyl (C=O) groups is 2. The summed E-state index contributed by atoms with van der Waals surface area (Å²) in [7, 11) is 0. The number of hydrogen-bond donors (Lipinski definition) is 2. The van der Waals surface area contributed by atoms with E-state index in [-0.39, 0.29) is 24.2 Å². The SMILES string of the molecule is CC(C)CCC(CCCCCCCC(=O)O)C(CCC(C)C)C(C(=O)O)(C(C)C)C(C)C. The van der Waals surface area contributed by atoms with Gasteiger partial charge in [0, 0.05) is 6.42 Å². The molecule has 0 fully saturated rings. The molecule has 0 bridgehead atoms. The van der Waals surface area contributed by atoms with E-state index in [2.05, 4.69) is 55.4 Å². The van der Waals surface area contributed by atoms with Gasteiger partial charge in [-0.1, -0.05) is 100 Å². The number of rotatable bonds is 19. The average molecular weight is 455 g/mol. The van der Waals surface area contributed by atoms with E-state index in [1.165, 1.54) is 0 Å². The summed E-state index contributed by atoms with van der Waals surface area (Å²) in [6.07, 6.45) is 10.7. The van der Waals surface area contributed by atoms with E-state index in [4.69, 9.17) is 5.11 Å². The molecule has 0 aliphatic carbocycles. The lowest BCUT2D eigenvalue weighted by Crippen LogP contribution is -2.50. The van der Waals surface area contributed by atoms with Gasteiger partial charge in [0.05, 0.1) is 5.41 Å². The Hall–Kier alpha value is -1.06. The Balaban J connectivity index is 5.63. The molecular formula is C28H54O4. The van der Waals surface area contributed by atoms with E-state index in [0.717, 1.165) is 64.2 Å². The van der Waals surface area contributed by atoms with Gasteiger partial charge < -0.3 is 10.2 Å². The molecule has 0 amide bonds. The highest BCUT2D eigenvalue weighted by molar-refractivity contribution is 5.76. The van der Waals surface area contributed by atoms with Crippen LogP contribution in [0.25, 0.3) is 0 Å². The van der Waals surface area contributed by atoms with Crippen molar-refractivity contribution in [3.63, 3.8) is 0 Å². The number of aliphatic carboxylic acids is 2. The summed E-state index contributed by atoms with van der Waals surface area (Å²) < 4.78 is 0. The molecule has 0 radical (unpaired) electrons. The summed E-state index contributed by atoms with van der Waals surface area (Å²) in [4.78, 5) is 23.6. The second kappa shape index (κ2) is 15.7. The summed E-state index contributed by atoms with van der Waals surface area (Å²) in [5, 5.41) is 19.4. The average Bonchev–Trinajstić information content (AvgIpc) is 2.65. The van der Waals surface area contributed by atoms with E-state index in [1.54, 1.807) is 0 Å². The fourth-order valence-electron chi connectivity index (χ4n) is 5.86. The Morgan fingerprint density at radius 3 is 1.53 bits per heavy atom. The summed E-state index contributed by atoms with van der Waals surface area (Å²) in [6, 6.07) is 0. The van der Waals surface area contributed by atoms with Crippen molar-refractivity contribution < 1.29 is 19.8 Å². The Morgan fingerprint density at radius 2 is 1.09 bits per heavy atom. The fraction of sp³-hybridized carbons (Fsp3) is 0.929. The zero-order chi connectivity index (χ0) is 24.9. The van der Waals surface area contributed by atoms with Crippen LogP contribution in [-0.4, -0.2) is 22.2 Å². The van der Waals surface area contributed by atoms with Crippen LogP contribution in [-0.2, 0) is 9.59 Å². The number of unbranched alkanes of at least 4 members (excludes halogenated alkanes) is 4. The highest BCUT2D eigenvalue weighted by Crippen LogP contribution is 2.51.